The summed E-state index contributed by atoms with van der Waals surface area (Å²) in [6, 6.07) is 0. The van der Waals surface area contributed by atoms with Crippen LogP contribution in [0, 0.1) is 10.8 Å². The lowest BCUT2D eigenvalue weighted by Crippen LogP contribution is -2.50. The van der Waals surface area contributed by atoms with Gasteiger partial charge in [0.15, 0.2) is 0 Å². The van der Waals surface area contributed by atoms with Crippen LogP contribution in [-0.4, -0.2) is 24.3 Å². The van der Waals surface area contributed by atoms with E-state index in [1.807, 2.05) is 0 Å². The molecule has 0 amide bonds. The smallest absolute Gasteiger partial charge is 0.328 e. The molecular formula is C10H16O3. The fourth-order valence-corrected chi connectivity index (χ4v) is 1.33. The third-order valence-corrected chi connectivity index (χ3v) is 2.76. The van der Waals surface area contributed by atoms with Crippen LogP contribution in [0.5, 0.6) is 0 Å². The summed E-state index contributed by atoms with van der Waals surface area (Å²) in [5.74, 6) is -0.893. The zero-order valence-electron chi connectivity index (χ0n) is 8.33. The average Bonchev–Trinajstić information content (AvgIpc) is 1.80. The summed E-state index contributed by atoms with van der Waals surface area (Å²) in [4.78, 5) is 10.4. The first-order chi connectivity index (χ1) is 5.87. The van der Waals surface area contributed by atoms with Crippen LogP contribution in [0.15, 0.2) is 12.2 Å². The Bertz CT molecular complexity index is 231. The highest BCUT2D eigenvalue weighted by Gasteiger charge is 2.46. The molecule has 1 aliphatic heterocycles. The van der Waals surface area contributed by atoms with Crippen molar-refractivity contribution in [2.45, 2.75) is 20.8 Å². The summed E-state index contributed by atoms with van der Waals surface area (Å²) in [6.45, 7) is 7.55. The lowest BCUT2D eigenvalue weighted by Gasteiger charge is -2.49. The van der Waals surface area contributed by atoms with Crippen LogP contribution in [0.25, 0.3) is 0 Å². The predicted molar refractivity (Wildman–Crippen MR) is 49.5 cm³/mol. The second kappa shape index (κ2) is 3.14. The molecule has 3 nitrogen and oxygen atoms in total. The number of rotatable bonds is 2. The van der Waals surface area contributed by atoms with Crippen LogP contribution in [0.1, 0.15) is 20.8 Å². The van der Waals surface area contributed by atoms with Gasteiger partial charge in [-0.05, 0) is 5.41 Å². The molecule has 0 aliphatic carbocycles. The maximum atomic E-state index is 10.4. The van der Waals surface area contributed by atoms with Crippen molar-refractivity contribution >= 4 is 5.97 Å². The molecule has 74 valence electrons. The first kappa shape index (κ1) is 10.3. The Balaban J connectivity index is 2.77. The molecule has 0 bridgehead atoms. The Morgan fingerprint density at radius 1 is 1.46 bits per heavy atom. The van der Waals surface area contributed by atoms with E-state index in [1.165, 1.54) is 6.08 Å². The lowest BCUT2D eigenvalue weighted by molar-refractivity contribution is -0.140. The van der Waals surface area contributed by atoms with E-state index in [9.17, 15) is 4.79 Å². The number of ether oxygens (including phenoxy) is 1. The van der Waals surface area contributed by atoms with Crippen molar-refractivity contribution in [3.05, 3.63) is 12.2 Å². The quantitative estimate of drug-likeness (QED) is 0.664. The minimum Gasteiger partial charge on any atom is -0.478 e. The van der Waals surface area contributed by atoms with Crippen LogP contribution in [0.3, 0.4) is 0 Å². The molecule has 1 heterocycles. The molecule has 0 unspecified atom stereocenters. The molecule has 0 aromatic carbocycles. The summed E-state index contributed by atoms with van der Waals surface area (Å²) < 4.78 is 5.15. The summed E-state index contributed by atoms with van der Waals surface area (Å²) in [7, 11) is 0. The molecule has 0 aromatic rings. The normalized spacial score (nSPS) is 21.5. The Hall–Kier alpha value is -0.830. The Kier molecular flexibility index (Phi) is 2.48. The number of hydrogen-bond acceptors (Lipinski definition) is 2. The second-order valence-corrected chi connectivity index (χ2v) is 4.57. The Morgan fingerprint density at radius 3 is 2.23 bits per heavy atom. The van der Waals surface area contributed by atoms with Crippen molar-refractivity contribution in [1.82, 2.24) is 0 Å². The van der Waals surface area contributed by atoms with Crippen LogP contribution >= 0.6 is 0 Å². The van der Waals surface area contributed by atoms with Gasteiger partial charge in [0.05, 0.1) is 13.2 Å². The number of carboxylic acid groups (broad SMARTS) is 1. The number of carboxylic acids is 1. The molecule has 1 N–H and O–H groups in total. The van der Waals surface area contributed by atoms with E-state index in [1.54, 1.807) is 6.08 Å². The zero-order valence-corrected chi connectivity index (χ0v) is 8.33. The minimum absolute atomic E-state index is 0.0528. The molecule has 0 spiro atoms. The molecule has 0 aromatic heterocycles. The highest BCUT2D eigenvalue weighted by atomic mass is 16.5. The van der Waals surface area contributed by atoms with Gasteiger partial charge in [0.25, 0.3) is 0 Å². The molecule has 1 saturated heterocycles. The zero-order chi connectivity index (χ0) is 10.1. The number of hydrogen-bond donors (Lipinski definition) is 1. The third kappa shape index (κ3) is 1.91. The van der Waals surface area contributed by atoms with Gasteiger partial charge in [-0.1, -0.05) is 26.8 Å². The van der Waals surface area contributed by atoms with Crippen LogP contribution in [-0.2, 0) is 9.53 Å². The number of carbonyl (C=O) groups is 1. The fraction of sp³-hybridized carbons (Fsp3) is 0.700. The van der Waals surface area contributed by atoms with Gasteiger partial charge >= 0.3 is 5.97 Å². The van der Waals surface area contributed by atoms with Crippen molar-refractivity contribution in [3.8, 4) is 0 Å². The third-order valence-electron chi connectivity index (χ3n) is 2.76. The Morgan fingerprint density at radius 2 is 2.00 bits per heavy atom. The van der Waals surface area contributed by atoms with Gasteiger partial charge < -0.3 is 9.84 Å². The monoisotopic (exact) mass is 184 g/mol. The summed E-state index contributed by atoms with van der Waals surface area (Å²) in [5, 5.41) is 8.53. The van der Waals surface area contributed by atoms with Crippen molar-refractivity contribution < 1.29 is 14.6 Å². The van der Waals surface area contributed by atoms with Gasteiger partial charge in [0, 0.05) is 11.5 Å². The minimum atomic E-state index is -0.893. The van der Waals surface area contributed by atoms with Gasteiger partial charge in [-0.2, -0.15) is 0 Å². The van der Waals surface area contributed by atoms with Crippen molar-refractivity contribution in [2.75, 3.05) is 13.2 Å². The molecule has 1 fully saturated rings. The van der Waals surface area contributed by atoms with Crippen molar-refractivity contribution in [1.29, 1.82) is 0 Å². The highest BCUT2D eigenvalue weighted by Crippen LogP contribution is 2.45. The summed E-state index contributed by atoms with van der Waals surface area (Å²) in [6.07, 6.45) is 2.98. The standard InChI is InChI=1S/C10H16O3/c1-9(2,3)10(6-13-7-10)5-4-8(11)12/h4-5H,6-7H2,1-3H3,(H,11,12)/b5-4+. The maximum absolute atomic E-state index is 10.4. The molecule has 1 aliphatic rings. The van der Waals surface area contributed by atoms with E-state index in [2.05, 4.69) is 20.8 Å². The number of aliphatic carboxylic acids is 1. The van der Waals surface area contributed by atoms with E-state index < -0.39 is 5.97 Å². The van der Waals surface area contributed by atoms with Gasteiger partial charge in [0.1, 0.15) is 0 Å². The van der Waals surface area contributed by atoms with Gasteiger partial charge in [-0.15, -0.1) is 0 Å². The van der Waals surface area contributed by atoms with Gasteiger partial charge in [0.2, 0.25) is 0 Å². The first-order valence-corrected chi connectivity index (χ1v) is 4.37. The molecular weight excluding hydrogens is 168 g/mol. The van der Waals surface area contributed by atoms with E-state index in [0.29, 0.717) is 13.2 Å². The van der Waals surface area contributed by atoms with E-state index in [-0.39, 0.29) is 10.8 Å². The lowest BCUT2D eigenvalue weighted by atomic mass is 9.65. The first-order valence-electron chi connectivity index (χ1n) is 4.37. The fourth-order valence-electron chi connectivity index (χ4n) is 1.33. The van der Waals surface area contributed by atoms with E-state index >= 15 is 0 Å². The van der Waals surface area contributed by atoms with Gasteiger partial charge in [-0.3, -0.25) is 0 Å². The molecule has 0 radical (unpaired) electrons. The van der Waals surface area contributed by atoms with Crippen molar-refractivity contribution in [2.24, 2.45) is 10.8 Å². The second-order valence-electron chi connectivity index (χ2n) is 4.57. The SMILES string of the molecule is CC(C)(C)C1(/C=C/C(=O)O)COC1. The van der Waals surface area contributed by atoms with Crippen LogP contribution in [0.2, 0.25) is 0 Å². The summed E-state index contributed by atoms with van der Waals surface area (Å²) in [5.41, 5.74) is -0.0391. The average molecular weight is 184 g/mol. The predicted octanol–water partition coefficient (Wildman–Crippen LogP) is 1.69. The molecule has 0 saturated carbocycles. The highest BCUT2D eigenvalue weighted by molar-refractivity contribution is 5.79. The van der Waals surface area contributed by atoms with Crippen molar-refractivity contribution in [3.63, 3.8) is 0 Å². The van der Waals surface area contributed by atoms with E-state index in [0.717, 1.165) is 0 Å². The molecule has 13 heavy (non-hydrogen) atoms. The largest absolute Gasteiger partial charge is 0.478 e. The van der Waals surface area contributed by atoms with E-state index in [4.69, 9.17) is 9.84 Å². The molecule has 0 atom stereocenters. The maximum Gasteiger partial charge on any atom is 0.328 e. The Labute approximate surface area is 78.4 Å². The topological polar surface area (TPSA) is 46.5 Å². The van der Waals surface area contributed by atoms with Crippen LogP contribution < -0.4 is 0 Å². The van der Waals surface area contributed by atoms with Gasteiger partial charge in [-0.25, -0.2) is 4.79 Å². The summed E-state index contributed by atoms with van der Waals surface area (Å²) >= 11 is 0. The van der Waals surface area contributed by atoms with Crippen LogP contribution in [0.4, 0.5) is 0 Å². The molecule has 3 heteroatoms. The molecule has 1 rings (SSSR count).